The normalized spacial score (nSPS) is 31.0. The molecule has 118 valence electrons. The summed E-state index contributed by atoms with van der Waals surface area (Å²) in [6.07, 6.45) is 1.81. The van der Waals surface area contributed by atoms with E-state index in [-0.39, 0.29) is 36.1 Å². The number of nitrogens with one attached hydrogen (secondary N) is 1. The quantitative estimate of drug-likeness (QED) is 0.761. The lowest BCUT2D eigenvalue weighted by atomic mass is 10.2. The molecule has 2 rings (SSSR count). The van der Waals surface area contributed by atoms with E-state index in [1.54, 1.807) is 0 Å². The third-order valence-electron chi connectivity index (χ3n) is 4.10. The number of carbonyl (C=O) groups is 3. The molecular formula is C14H22N2O4S. The molecule has 21 heavy (non-hydrogen) atoms. The summed E-state index contributed by atoms with van der Waals surface area (Å²) in [7, 11) is 0. The van der Waals surface area contributed by atoms with E-state index in [9.17, 15) is 19.5 Å². The van der Waals surface area contributed by atoms with Crippen LogP contribution in [-0.2, 0) is 14.4 Å². The number of carboxylic acids is 1. The molecule has 0 aromatic heterocycles. The zero-order valence-corrected chi connectivity index (χ0v) is 13.2. The van der Waals surface area contributed by atoms with E-state index in [4.69, 9.17) is 0 Å². The zero-order valence-electron chi connectivity index (χ0n) is 12.4. The molecule has 2 fully saturated rings. The minimum Gasteiger partial charge on any atom is -0.480 e. The largest absolute Gasteiger partial charge is 0.480 e. The van der Waals surface area contributed by atoms with Crippen LogP contribution in [-0.4, -0.2) is 51.5 Å². The second-order valence-corrected chi connectivity index (χ2v) is 6.92. The zero-order chi connectivity index (χ0) is 15.6. The molecular weight excluding hydrogens is 292 g/mol. The number of aliphatic carboxylic acids is 1. The number of nitrogens with zero attached hydrogens (tertiary/aromatic N) is 1. The molecule has 7 heteroatoms. The van der Waals surface area contributed by atoms with Crippen molar-refractivity contribution < 1.29 is 19.5 Å². The van der Waals surface area contributed by atoms with E-state index in [1.807, 2.05) is 13.8 Å². The molecule has 0 radical (unpaired) electrons. The highest BCUT2D eigenvalue weighted by molar-refractivity contribution is 8.00. The van der Waals surface area contributed by atoms with Crippen LogP contribution in [0.3, 0.4) is 0 Å². The smallest absolute Gasteiger partial charge is 0.327 e. The molecule has 1 heterocycles. The number of amides is 2. The van der Waals surface area contributed by atoms with Gasteiger partial charge in [-0.25, -0.2) is 4.79 Å². The van der Waals surface area contributed by atoms with E-state index >= 15 is 0 Å². The minimum atomic E-state index is -0.956. The van der Waals surface area contributed by atoms with Gasteiger partial charge in [-0.1, -0.05) is 13.8 Å². The van der Waals surface area contributed by atoms with Crippen molar-refractivity contribution in [3.05, 3.63) is 0 Å². The maximum Gasteiger partial charge on any atom is 0.327 e. The Balaban J connectivity index is 1.82. The van der Waals surface area contributed by atoms with Gasteiger partial charge in [0.2, 0.25) is 11.8 Å². The summed E-state index contributed by atoms with van der Waals surface area (Å²) >= 11 is 1.51. The maximum atomic E-state index is 12.3. The summed E-state index contributed by atoms with van der Waals surface area (Å²) in [6, 6.07) is -0.744. The molecule has 2 amide bonds. The first-order valence-electron chi connectivity index (χ1n) is 7.39. The van der Waals surface area contributed by atoms with Gasteiger partial charge >= 0.3 is 5.97 Å². The van der Waals surface area contributed by atoms with Crippen molar-refractivity contribution in [1.29, 1.82) is 0 Å². The second-order valence-electron chi connectivity index (χ2n) is 5.71. The van der Waals surface area contributed by atoms with Gasteiger partial charge in [0.1, 0.15) is 6.04 Å². The Kier molecular flexibility index (Phi) is 5.13. The van der Waals surface area contributed by atoms with Crippen LogP contribution in [0.2, 0.25) is 0 Å². The van der Waals surface area contributed by atoms with Crippen LogP contribution >= 0.6 is 11.8 Å². The highest BCUT2D eigenvalue weighted by atomic mass is 32.2. The first-order chi connectivity index (χ1) is 9.95. The van der Waals surface area contributed by atoms with Gasteiger partial charge in [-0.3, -0.25) is 9.59 Å². The number of thioether (sulfide) groups is 1. The van der Waals surface area contributed by atoms with Crippen molar-refractivity contribution in [3.63, 3.8) is 0 Å². The van der Waals surface area contributed by atoms with Crippen LogP contribution in [0.15, 0.2) is 0 Å². The molecule has 1 aliphatic carbocycles. The van der Waals surface area contributed by atoms with E-state index < -0.39 is 12.0 Å². The predicted molar refractivity (Wildman–Crippen MR) is 79.7 cm³/mol. The van der Waals surface area contributed by atoms with E-state index in [2.05, 4.69) is 5.32 Å². The highest BCUT2D eigenvalue weighted by Crippen LogP contribution is 2.37. The number of carbonyl (C=O) groups excluding carboxylic acids is 2. The molecule has 6 nitrogen and oxygen atoms in total. The Morgan fingerprint density at radius 1 is 1.38 bits per heavy atom. The van der Waals surface area contributed by atoms with Crippen molar-refractivity contribution >= 4 is 29.5 Å². The fraction of sp³-hybridized carbons (Fsp3) is 0.786. The monoisotopic (exact) mass is 314 g/mol. The topological polar surface area (TPSA) is 86.7 Å². The van der Waals surface area contributed by atoms with Crippen LogP contribution in [0.5, 0.6) is 0 Å². The van der Waals surface area contributed by atoms with Gasteiger partial charge in [0, 0.05) is 24.6 Å². The lowest BCUT2D eigenvalue weighted by Gasteiger charge is -2.26. The highest BCUT2D eigenvalue weighted by Gasteiger charge is 2.41. The van der Waals surface area contributed by atoms with E-state index in [0.29, 0.717) is 11.7 Å². The molecule has 1 saturated carbocycles. The van der Waals surface area contributed by atoms with E-state index in [0.717, 1.165) is 12.8 Å². The van der Waals surface area contributed by atoms with Crippen molar-refractivity contribution in [1.82, 2.24) is 10.2 Å². The SMILES string of the molecule is CCC1SCC(C(=O)O)N1C(=O)CCNC(=O)C1CC1C. The van der Waals surface area contributed by atoms with Gasteiger partial charge in [-0.15, -0.1) is 11.8 Å². The maximum absolute atomic E-state index is 12.3. The number of hydrogen-bond donors (Lipinski definition) is 2. The Hall–Kier alpha value is -1.24. The third-order valence-corrected chi connectivity index (χ3v) is 5.55. The molecule has 0 aromatic carbocycles. The number of hydrogen-bond acceptors (Lipinski definition) is 4. The first-order valence-corrected chi connectivity index (χ1v) is 8.43. The Morgan fingerprint density at radius 2 is 2.05 bits per heavy atom. The van der Waals surface area contributed by atoms with Gasteiger partial charge in [-0.05, 0) is 18.8 Å². The van der Waals surface area contributed by atoms with Gasteiger partial charge < -0.3 is 15.3 Å². The van der Waals surface area contributed by atoms with Crippen molar-refractivity contribution in [2.45, 2.75) is 44.5 Å². The fourth-order valence-corrected chi connectivity index (χ4v) is 4.01. The molecule has 4 atom stereocenters. The van der Waals surface area contributed by atoms with Gasteiger partial charge in [0.15, 0.2) is 0 Å². The van der Waals surface area contributed by atoms with Crippen molar-refractivity contribution in [2.75, 3.05) is 12.3 Å². The van der Waals surface area contributed by atoms with Gasteiger partial charge in [0.05, 0.1) is 5.37 Å². The summed E-state index contributed by atoms with van der Waals surface area (Å²) in [5.74, 6) is -0.168. The van der Waals surface area contributed by atoms with Gasteiger partial charge in [-0.2, -0.15) is 0 Å². The molecule has 1 saturated heterocycles. The summed E-state index contributed by atoms with van der Waals surface area (Å²) in [4.78, 5) is 36.6. The molecule has 2 aliphatic rings. The lowest BCUT2D eigenvalue weighted by molar-refractivity contribution is -0.149. The third kappa shape index (κ3) is 3.70. The summed E-state index contributed by atoms with van der Waals surface area (Å²) in [5.41, 5.74) is 0. The first kappa shape index (κ1) is 16.1. The Labute approximate surface area is 128 Å². The lowest BCUT2D eigenvalue weighted by Crippen LogP contribution is -2.46. The standard InChI is InChI=1S/C14H22N2O4S/c1-3-12-16(10(7-21-12)14(19)20)11(17)4-5-15-13(18)9-6-8(9)2/h8-10,12H,3-7H2,1-2H3,(H,15,18)(H,19,20). The molecule has 2 N–H and O–H groups in total. The predicted octanol–water partition coefficient (Wildman–Crippen LogP) is 0.913. The second kappa shape index (κ2) is 6.68. The van der Waals surface area contributed by atoms with Crippen LogP contribution < -0.4 is 5.32 Å². The Bertz CT molecular complexity index is 443. The van der Waals surface area contributed by atoms with E-state index in [1.165, 1.54) is 16.7 Å². The number of carboxylic acid groups (broad SMARTS) is 1. The molecule has 0 spiro atoms. The van der Waals surface area contributed by atoms with Crippen LogP contribution in [0.1, 0.15) is 33.1 Å². The van der Waals surface area contributed by atoms with Crippen LogP contribution in [0, 0.1) is 11.8 Å². The average molecular weight is 314 g/mol. The molecule has 4 unspecified atom stereocenters. The minimum absolute atomic E-state index is 0.00734. The molecule has 0 bridgehead atoms. The number of rotatable bonds is 6. The summed E-state index contributed by atoms with van der Waals surface area (Å²) < 4.78 is 0. The molecule has 0 aromatic rings. The molecule has 1 aliphatic heterocycles. The van der Waals surface area contributed by atoms with Crippen LogP contribution in [0.25, 0.3) is 0 Å². The summed E-state index contributed by atoms with van der Waals surface area (Å²) in [6.45, 7) is 4.25. The fourth-order valence-electron chi connectivity index (χ4n) is 2.64. The van der Waals surface area contributed by atoms with Crippen molar-refractivity contribution in [3.8, 4) is 0 Å². The van der Waals surface area contributed by atoms with Crippen molar-refractivity contribution in [2.24, 2.45) is 11.8 Å². The Morgan fingerprint density at radius 3 is 2.57 bits per heavy atom. The average Bonchev–Trinajstić information content (AvgIpc) is 3.02. The van der Waals surface area contributed by atoms with Crippen LogP contribution in [0.4, 0.5) is 0 Å². The summed E-state index contributed by atoms with van der Waals surface area (Å²) in [5, 5.41) is 11.9. The van der Waals surface area contributed by atoms with Gasteiger partial charge in [0.25, 0.3) is 0 Å².